The molecule has 1 aromatic heterocycles. The number of rotatable bonds is 6. The van der Waals surface area contributed by atoms with Gasteiger partial charge in [0.15, 0.2) is 0 Å². The fraction of sp³-hybridized carbons (Fsp3) is 0.700. The highest BCUT2D eigenvalue weighted by Crippen LogP contribution is 2.08. The van der Waals surface area contributed by atoms with Gasteiger partial charge in [-0.2, -0.15) is 5.10 Å². The monoisotopic (exact) mass is 196 g/mol. The topological polar surface area (TPSA) is 55.9 Å². The van der Waals surface area contributed by atoms with Gasteiger partial charge in [0.25, 0.3) is 0 Å². The molecule has 0 spiro atoms. The van der Waals surface area contributed by atoms with E-state index in [1.165, 1.54) is 6.42 Å². The van der Waals surface area contributed by atoms with Crippen LogP contribution in [0, 0.1) is 5.92 Å². The molecule has 0 radical (unpaired) electrons. The van der Waals surface area contributed by atoms with Gasteiger partial charge in [0.2, 0.25) is 0 Å². The van der Waals surface area contributed by atoms with Crippen molar-refractivity contribution in [3.05, 3.63) is 12.3 Å². The number of hydrogen-bond acceptors (Lipinski definition) is 3. The van der Waals surface area contributed by atoms with E-state index in [0.717, 1.165) is 25.3 Å². The van der Waals surface area contributed by atoms with E-state index in [4.69, 9.17) is 5.73 Å². The summed E-state index contributed by atoms with van der Waals surface area (Å²) in [5.74, 6) is 1.73. The lowest BCUT2D eigenvalue weighted by molar-refractivity contribution is 0.536. The summed E-state index contributed by atoms with van der Waals surface area (Å²) in [6.07, 6.45) is 4.09. The number of hydrogen-bond donors (Lipinski definition) is 2. The van der Waals surface area contributed by atoms with Gasteiger partial charge in [-0.1, -0.05) is 6.92 Å². The van der Waals surface area contributed by atoms with Gasteiger partial charge >= 0.3 is 0 Å². The Morgan fingerprint density at radius 1 is 1.64 bits per heavy atom. The standard InChI is InChI=1S/C10H20N4/c1-9(4-3-6-11)8-12-10-5-7-13-14(10)2/h5,7,9,12H,3-4,6,8,11H2,1-2H3. The maximum absolute atomic E-state index is 5.46. The predicted octanol–water partition coefficient (Wildman–Crippen LogP) is 1.21. The van der Waals surface area contributed by atoms with Crippen LogP contribution >= 0.6 is 0 Å². The molecule has 1 heterocycles. The third-order valence-electron chi connectivity index (χ3n) is 2.35. The molecule has 0 aromatic carbocycles. The zero-order chi connectivity index (χ0) is 10.4. The first-order valence-electron chi connectivity index (χ1n) is 5.16. The van der Waals surface area contributed by atoms with E-state index >= 15 is 0 Å². The Balaban J connectivity index is 2.23. The van der Waals surface area contributed by atoms with Gasteiger partial charge in [0, 0.05) is 19.7 Å². The Bertz CT molecular complexity index is 256. The van der Waals surface area contributed by atoms with Gasteiger partial charge in [-0.25, -0.2) is 0 Å². The summed E-state index contributed by atoms with van der Waals surface area (Å²) in [7, 11) is 1.94. The van der Waals surface area contributed by atoms with Gasteiger partial charge in [0.05, 0.1) is 6.20 Å². The van der Waals surface area contributed by atoms with Gasteiger partial charge in [-0.15, -0.1) is 0 Å². The van der Waals surface area contributed by atoms with Crippen LogP contribution in [0.15, 0.2) is 12.3 Å². The molecule has 1 rings (SSSR count). The molecule has 0 bridgehead atoms. The number of anilines is 1. The number of nitrogens with one attached hydrogen (secondary N) is 1. The maximum Gasteiger partial charge on any atom is 0.123 e. The minimum absolute atomic E-state index is 0.661. The first-order chi connectivity index (χ1) is 6.74. The van der Waals surface area contributed by atoms with E-state index in [9.17, 15) is 0 Å². The summed E-state index contributed by atoms with van der Waals surface area (Å²) in [6, 6.07) is 1.98. The molecule has 80 valence electrons. The molecule has 3 N–H and O–H groups in total. The molecule has 14 heavy (non-hydrogen) atoms. The summed E-state index contributed by atoms with van der Waals surface area (Å²) in [5, 5.41) is 7.45. The summed E-state index contributed by atoms with van der Waals surface area (Å²) in [5.41, 5.74) is 5.46. The van der Waals surface area contributed by atoms with Crippen molar-refractivity contribution in [3.8, 4) is 0 Å². The summed E-state index contributed by atoms with van der Waals surface area (Å²) < 4.78 is 1.84. The SMILES string of the molecule is CC(CCCN)CNc1ccnn1C. The van der Waals surface area contributed by atoms with Gasteiger partial charge in [-0.3, -0.25) is 4.68 Å². The molecule has 0 amide bonds. The molecular formula is C10H20N4. The van der Waals surface area contributed by atoms with Crippen LogP contribution in [0.1, 0.15) is 19.8 Å². The highest BCUT2D eigenvalue weighted by molar-refractivity contribution is 5.33. The van der Waals surface area contributed by atoms with Crippen molar-refractivity contribution in [1.29, 1.82) is 0 Å². The Morgan fingerprint density at radius 2 is 2.43 bits per heavy atom. The van der Waals surface area contributed by atoms with Crippen molar-refractivity contribution in [3.63, 3.8) is 0 Å². The molecule has 4 heteroatoms. The van der Waals surface area contributed by atoms with Crippen LogP contribution < -0.4 is 11.1 Å². The molecule has 0 aliphatic heterocycles. The van der Waals surface area contributed by atoms with E-state index in [2.05, 4.69) is 17.3 Å². The minimum Gasteiger partial charge on any atom is -0.370 e. The molecule has 1 unspecified atom stereocenters. The largest absolute Gasteiger partial charge is 0.370 e. The first-order valence-corrected chi connectivity index (χ1v) is 5.16. The highest BCUT2D eigenvalue weighted by atomic mass is 15.3. The normalized spacial score (nSPS) is 12.8. The molecule has 4 nitrogen and oxygen atoms in total. The second-order valence-corrected chi connectivity index (χ2v) is 3.76. The van der Waals surface area contributed by atoms with E-state index < -0.39 is 0 Å². The lowest BCUT2D eigenvalue weighted by Crippen LogP contribution is -2.14. The third kappa shape index (κ3) is 3.38. The molecule has 0 aliphatic rings. The molecular weight excluding hydrogens is 176 g/mol. The number of nitrogens with two attached hydrogens (primary N) is 1. The van der Waals surface area contributed by atoms with Crippen molar-refractivity contribution >= 4 is 5.82 Å². The fourth-order valence-corrected chi connectivity index (χ4v) is 1.39. The van der Waals surface area contributed by atoms with E-state index in [1.54, 1.807) is 6.20 Å². The van der Waals surface area contributed by atoms with Gasteiger partial charge < -0.3 is 11.1 Å². The van der Waals surface area contributed by atoms with Crippen molar-refractivity contribution in [2.24, 2.45) is 18.7 Å². The summed E-state index contributed by atoms with van der Waals surface area (Å²) in [6.45, 7) is 4.01. The van der Waals surface area contributed by atoms with Crippen LogP contribution in [-0.2, 0) is 7.05 Å². The Morgan fingerprint density at radius 3 is 3.00 bits per heavy atom. The molecule has 0 saturated carbocycles. The van der Waals surface area contributed by atoms with Crippen LogP contribution in [-0.4, -0.2) is 22.9 Å². The second-order valence-electron chi connectivity index (χ2n) is 3.76. The smallest absolute Gasteiger partial charge is 0.123 e. The fourth-order valence-electron chi connectivity index (χ4n) is 1.39. The van der Waals surface area contributed by atoms with Crippen LogP contribution in [0.2, 0.25) is 0 Å². The zero-order valence-corrected chi connectivity index (χ0v) is 9.03. The highest BCUT2D eigenvalue weighted by Gasteiger charge is 2.02. The van der Waals surface area contributed by atoms with Gasteiger partial charge in [-0.05, 0) is 25.3 Å². The summed E-state index contributed by atoms with van der Waals surface area (Å²) in [4.78, 5) is 0. The van der Waals surface area contributed by atoms with E-state index in [1.807, 2.05) is 17.8 Å². The maximum atomic E-state index is 5.46. The lowest BCUT2D eigenvalue weighted by atomic mass is 10.1. The van der Waals surface area contributed by atoms with Crippen LogP contribution in [0.25, 0.3) is 0 Å². The number of aryl methyl sites for hydroxylation is 1. The van der Waals surface area contributed by atoms with Crippen LogP contribution in [0.3, 0.4) is 0 Å². The van der Waals surface area contributed by atoms with Gasteiger partial charge in [0.1, 0.15) is 5.82 Å². The molecule has 0 aliphatic carbocycles. The minimum atomic E-state index is 0.661. The average Bonchev–Trinajstić information content (AvgIpc) is 2.58. The molecule has 1 aromatic rings. The van der Waals surface area contributed by atoms with Crippen LogP contribution in [0.4, 0.5) is 5.82 Å². The van der Waals surface area contributed by atoms with Crippen molar-refractivity contribution in [2.75, 3.05) is 18.4 Å². The van der Waals surface area contributed by atoms with E-state index in [0.29, 0.717) is 5.92 Å². The quantitative estimate of drug-likeness (QED) is 0.719. The zero-order valence-electron chi connectivity index (χ0n) is 9.03. The number of aromatic nitrogens is 2. The van der Waals surface area contributed by atoms with Crippen molar-refractivity contribution in [2.45, 2.75) is 19.8 Å². The Hall–Kier alpha value is -1.03. The number of nitrogens with zero attached hydrogens (tertiary/aromatic N) is 2. The molecule has 1 atom stereocenters. The third-order valence-corrected chi connectivity index (χ3v) is 2.35. The predicted molar refractivity (Wildman–Crippen MR) is 59.2 cm³/mol. The lowest BCUT2D eigenvalue weighted by Gasteiger charge is -2.12. The molecule has 0 fully saturated rings. The van der Waals surface area contributed by atoms with E-state index in [-0.39, 0.29) is 0 Å². The molecule has 0 saturated heterocycles. The Labute approximate surface area is 85.5 Å². The summed E-state index contributed by atoms with van der Waals surface area (Å²) >= 11 is 0. The van der Waals surface area contributed by atoms with Crippen LogP contribution in [0.5, 0.6) is 0 Å². The van der Waals surface area contributed by atoms with Crippen molar-refractivity contribution < 1.29 is 0 Å². The Kier molecular flexibility index (Phi) is 4.46. The first kappa shape index (κ1) is 11.0. The second kappa shape index (κ2) is 5.65. The van der Waals surface area contributed by atoms with Crippen molar-refractivity contribution in [1.82, 2.24) is 9.78 Å². The average molecular weight is 196 g/mol.